The van der Waals surface area contributed by atoms with Crippen LogP contribution in [0.3, 0.4) is 0 Å². The van der Waals surface area contributed by atoms with Gasteiger partial charge in [-0.3, -0.25) is 0 Å². The normalized spacial score (nSPS) is 10.2. The highest BCUT2D eigenvalue weighted by Crippen LogP contribution is 2.33. The van der Waals surface area contributed by atoms with Gasteiger partial charge in [-0.25, -0.2) is 4.79 Å². The summed E-state index contributed by atoms with van der Waals surface area (Å²) in [4.78, 5) is 15.0. The molecular weight excluding hydrogens is 250 g/mol. The van der Waals surface area contributed by atoms with Gasteiger partial charge in [-0.1, -0.05) is 12.1 Å². The Kier molecular flexibility index (Phi) is 3.70. The van der Waals surface area contributed by atoms with Crippen molar-refractivity contribution in [2.75, 3.05) is 13.7 Å². The summed E-state index contributed by atoms with van der Waals surface area (Å²) in [5.41, 5.74) is 0.321. The number of carboxylic acids is 1. The zero-order chi connectivity index (χ0) is 13.8. The highest BCUT2D eigenvalue weighted by molar-refractivity contribution is 5.88. The van der Waals surface area contributed by atoms with Crippen molar-refractivity contribution in [2.24, 2.45) is 0 Å². The fourth-order valence-electron chi connectivity index (χ4n) is 1.61. The highest BCUT2D eigenvalue weighted by atomic mass is 16.6. The number of aromatic carboxylic acids is 1. The quantitative estimate of drug-likeness (QED) is 0.892. The molecule has 0 aliphatic heterocycles. The summed E-state index contributed by atoms with van der Waals surface area (Å²) in [6.07, 6.45) is 0. The van der Waals surface area contributed by atoms with Crippen LogP contribution in [-0.4, -0.2) is 29.8 Å². The third kappa shape index (κ3) is 2.52. The Morgan fingerprint density at radius 2 is 2.16 bits per heavy atom. The molecule has 1 aromatic carbocycles. The van der Waals surface area contributed by atoms with Crippen molar-refractivity contribution in [1.82, 2.24) is 4.98 Å². The lowest BCUT2D eigenvalue weighted by Crippen LogP contribution is -2.01. The van der Waals surface area contributed by atoms with E-state index in [0.717, 1.165) is 0 Å². The first-order chi connectivity index (χ1) is 9.17. The van der Waals surface area contributed by atoms with Crippen LogP contribution in [0.5, 0.6) is 11.7 Å². The van der Waals surface area contributed by atoms with Gasteiger partial charge in [0.15, 0.2) is 0 Å². The Hall–Kier alpha value is -2.50. The number of methoxy groups -OCH3 is 1. The zero-order valence-corrected chi connectivity index (χ0v) is 10.5. The van der Waals surface area contributed by atoms with Gasteiger partial charge in [0.2, 0.25) is 11.6 Å². The molecule has 1 N–H and O–H groups in total. The Labute approximate surface area is 109 Å². The molecule has 0 unspecified atom stereocenters. The molecule has 1 heterocycles. The van der Waals surface area contributed by atoms with Crippen molar-refractivity contribution in [1.29, 1.82) is 0 Å². The summed E-state index contributed by atoms with van der Waals surface area (Å²) in [5.74, 6) is -0.605. The van der Waals surface area contributed by atoms with E-state index in [-0.39, 0.29) is 17.5 Å². The second kappa shape index (κ2) is 5.43. The summed E-state index contributed by atoms with van der Waals surface area (Å²) in [6, 6.07) is 7.04. The van der Waals surface area contributed by atoms with E-state index in [0.29, 0.717) is 17.9 Å². The number of ether oxygens (including phenoxy) is 2. The van der Waals surface area contributed by atoms with E-state index in [9.17, 15) is 4.79 Å². The second-order valence-corrected chi connectivity index (χ2v) is 3.59. The van der Waals surface area contributed by atoms with Crippen LogP contribution in [0.2, 0.25) is 0 Å². The van der Waals surface area contributed by atoms with E-state index >= 15 is 0 Å². The first-order valence-electron chi connectivity index (χ1n) is 5.67. The zero-order valence-electron chi connectivity index (χ0n) is 10.5. The third-order valence-corrected chi connectivity index (χ3v) is 2.41. The number of rotatable bonds is 5. The van der Waals surface area contributed by atoms with E-state index in [2.05, 4.69) is 4.98 Å². The Morgan fingerprint density at radius 3 is 2.79 bits per heavy atom. The standard InChI is InChI=1S/C13H13NO5/c1-3-18-13-10(12(15)16)14-11(19-13)8-6-4-5-7-9(8)17-2/h4-7H,3H2,1-2H3,(H,15,16). The minimum Gasteiger partial charge on any atom is -0.496 e. The minimum atomic E-state index is -1.20. The molecule has 0 bridgehead atoms. The smallest absolute Gasteiger partial charge is 0.362 e. The average molecular weight is 263 g/mol. The van der Waals surface area contributed by atoms with Crippen LogP contribution in [0.1, 0.15) is 17.4 Å². The predicted octanol–water partition coefficient (Wildman–Crippen LogP) is 2.45. The monoisotopic (exact) mass is 263 g/mol. The van der Waals surface area contributed by atoms with Crippen molar-refractivity contribution in [3.8, 4) is 23.1 Å². The van der Waals surface area contributed by atoms with Crippen molar-refractivity contribution < 1.29 is 23.8 Å². The first kappa shape index (κ1) is 12.9. The fraction of sp³-hybridized carbons (Fsp3) is 0.231. The van der Waals surface area contributed by atoms with Crippen LogP contribution in [-0.2, 0) is 0 Å². The van der Waals surface area contributed by atoms with Crippen molar-refractivity contribution in [2.45, 2.75) is 6.92 Å². The molecule has 6 heteroatoms. The molecule has 0 spiro atoms. The van der Waals surface area contributed by atoms with Crippen LogP contribution in [0.15, 0.2) is 28.7 Å². The molecular formula is C13H13NO5. The van der Waals surface area contributed by atoms with E-state index in [4.69, 9.17) is 19.0 Å². The van der Waals surface area contributed by atoms with Crippen LogP contribution in [0.25, 0.3) is 11.5 Å². The molecule has 0 aliphatic rings. The topological polar surface area (TPSA) is 81.8 Å². The number of para-hydroxylation sites is 1. The van der Waals surface area contributed by atoms with Gasteiger partial charge in [-0.2, -0.15) is 4.98 Å². The molecule has 19 heavy (non-hydrogen) atoms. The number of carboxylic acid groups (broad SMARTS) is 1. The van der Waals surface area contributed by atoms with Gasteiger partial charge in [0.25, 0.3) is 0 Å². The van der Waals surface area contributed by atoms with Gasteiger partial charge < -0.3 is 19.0 Å². The number of benzene rings is 1. The maximum atomic E-state index is 11.1. The minimum absolute atomic E-state index is 0.101. The molecule has 100 valence electrons. The van der Waals surface area contributed by atoms with Gasteiger partial charge in [0.1, 0.15) is 5.75 Å². The molecule has 0 atom stereocenters. The number of hydrogen-bond acceptors (Lipinski definition) is 5. The lowest BCUT2D eigenvalue weighted by atomic mass is 10.2. The molecule has 0 radical (unpaired) electrons. The summed E-state index contributed by atoms with van der Waals surface area (Å²) >= 11 is 0. The molecule has 0 aliphatic carbocycles. The molecule has 2 rings (SSSR count). The van der Waals surface area contributed by atoms with Gasteiger partial charge in [0.05, 0.1) is 19.3 Å². The fourth-order valence-corrected chi connectivity index (χ4v) is 1.61. The van der Waals surface area contributed by atoms with Gasteiger partial charge >= 0.3 is 11.9 Å². The number of nitrogens with zero attached hydrogens (tertiary/aromatic N) is 1. The summed E-state index contributed by atoms with van der Waals surface area (Å²) in [6.45, 7) is 2.03. The molecule has 0 fully saturated rings. The lowest BCUT2D eigenvalue weighted by Gasteiger charge is -2.03. The second-order valence-electron chi connectivity index (χ2n) is 3.59. The number of carbonyl (C=O) groups is 1. The molecule has 0 saturated carbocycles. The van der Waals surface area contributed by atoms with Crippen LogP contribution in [0.4, 0.5) is 0 Å². The Bertz CT molecular complexity index is 590. The molecule has 1 aromatic heterocycles. The SMILES string of the molecule is CCOc1oc(-c2ccccc2OC)nc1C(=O)O. The number of aromatic nitrogens is 1. The average Bonchev–Trinajstić information content (AvgIpc) is 2.83. The van der Waals surface area contributed by atoms with Gasteiger partial charge in [0, 0.05) is 0 Å². The predicted molar refractivity (Wildman–Crippen MR) is 66.6 cm³/mol. The summed E-state index contributed by atoms with van der Waals surface area (Å²) in [5, 5.41) is 9.05. The van der Waals surface area contributed by atoms with Crippen molar-refractivity contribution >= 4 is 5.97 Å². The first-order valence-corrected chi connectivity index (χ1v) is 5.67. The largest absolute Gasteiger partial charge is 0.496 e. The van der Waals surface area contributed by atoms with Gasteiger partial charge in [-0.05, 0) is 19.1 Å². The van der Waals surface area contributed by atoms with E-state index in [1.54, 1.807) is 31.2 Å². The highest BCUT2D eigenvalue weighted by Gasteiger charge is 2.23. The number of oxazole rings is 1. The molecule has 2 aromatic rings. The van der Waals surface area contributed by atoms with Crippen LogP contribution < -0.4 is 9.47 Å². The van der Waals surface area contributed by atoms with Crippen LogP contribution in [0, 0.1) is 0 Å². The maximum absolute atomic E-state index is 11.1. The lowest BCUT2D eigenvalue weighted by molar-refractivity contribution is 0.0683. The van der Waals surface area contributed by atoms with Crippen LogP contribution >= 0.6 is 0 Å². The van der Waals surface area contributed by atoms with E-state index < -0.39 is 5.97 Å². The molecule has 6 nitrogen and oxygen atoms in total. The van der Waals surface area contributed by atoms with Crippen molar-refractivity contribution in [3.05, 3.63) is 30.0 Å². The Morgan fingerprint density at radius 1 is 1.42 bits per heavy atom. The van der Waals surface area contributed by atoms with Crippen molar-refractivity contribution in [3.63, 3.8) is 0 Å². The molecule has 0 saturated heterocycles. The maximum Gasteiger partial charge on any atom is 0.362 e. The summed E-state index contributed by atoms with van der Waals surface area (Å²) < 4.78 is 15.7. The number of hydrogen-bond donors (Lipinski definition) is 1. The summed E-state index contributed by atoms with van der Waals surface area (Å²) in [7, 11) is 1.52. The van der Waals surface area contributed by atoms with Gasteiger partial charge in [-0.15, -0.1) is 0 Å². The van der Waals surface area contributed by atoms with E-state index in [1.165, 1.54) is 7.11 Å². The molecule has 0 amide bonds. The Balaban J connectivity index is 2.51. The third-order valence-electron chi connectivity index (χ3n) is 2.41. The van der Waals surface area contributed by atoms with E-state index in [1.807, 2.05) is 0 Å².